The summed E-state index contributed by atoms with van der Waals surface area (Å²) in [6, 6.07) is 16.0. The molecule has 2 aromatic rings. The van der Waals surface area contributed by atoms with Crippen molar-refractivity contribution >= 4 is 5.97 Å². The first-order valence-corrected chi connectivity index (χ1v) is 6.71. The molecule has 3 heteroatoms. The van der Waals surface area contributed by atoms with Crippen molar-refractivity contribution in [1.29, 1.82) is 0 Å². The minimum absolute atomic E-state index is 0.0930. The fraction of sp³-hybridized carbons (Fsp3) is 0.235. The highest BCUT2D eigenvalue weighted by Gasteiger charge is 2.11. The van der Waals surface area contributed by atoms with Gasteiger partial charge in [-0.05, 0) is 41.7 Å². The van der Waals surface area contributed by atoms with Crippen LogP contribution in [0.25, 0.3) is 11.1 Å². The zero-order chi connectivity index (χ0) is 14.5. The molecule has 1 atom stereocenters. The van der Waals surface area contributed by atoms with Gasteiger partial charge in [0, 0.05) is 12.5 Å². The molecular weight excluding hydrogens is 250 g/mol. The highest BCUT2D eigenvalue weighted by atomic mass is 16.4. The van der Waals surface area contributed by atoms with E-state index in [-0.39, 0.29) is 12.5 Å². The molecule has 0 aromatic heterocycles. The first-order valence-electron chi connectivity index (χ1n) is 6.71. The molecule has 0 aliphatic carbocycles. The minimum Gasteiger partial charge on any atom is -0.481 e. The number of carboxylic acids is 1. The summed E-state index contributed by atoms with van der Waals surface area (Å²) in [6.07, 6.45) is 0.544. The molecule has 2 aromatic carbocycles. The van der Waals surface area contributed by atoms with Gasteiger partial charge in [-0.25, -0.2) is 0 Å². The monoisotopic (exact) mass is 269 g/mol. The van der Waals surface area contributed by atoms with Crippen LogP contribution in [0.1, 0.15) is 30.0 Å². The molecule has 20 heavy (non-hydrogen) atoms. The third kappa shape index (κ3) is 3.45. The lowest BCUT2D eigenvalue weighted by molar-refractivity contribution is -0.137. The van der Waals surface area contributed by atoms with Crippen LogP contribution in [0, 0.1) is 6.92 Å². The van der Waals surface area contributed by atoms with Crippen LogP contribution in [0.3, 0.4) is 0 Å². The van der Waals surface area contributed by atoms with Crippen LogP contribution >= 0.6 is 0 Å². The molecule has 0 bridgehead atoms. The van der Waals surface area contributed by atoms with E-state index in [1.165, 1.54) is 5.56 Å². The predicted octanol–water partition coefficient (Wildman–Crippen LogP) is 3.53. The van der Waals surface area contributed by atoms with Crippen molar-refractivity contribution in [2.24, 2.45) is 5.73 Å². The summed E-state index contributed by atoms with van der Waals surface area (Å²) in [5.74, 6) is -0.809. The average molecular weight is 269 g/mol. The highest BCUT2D eigenvalue weighted by Crippen LogP contribution is 2.27. The van der Waals surface area contributed by atoms with Crippen molar-refractivity contribution in [3.8, 4) is 11.1 Å². The van der Waals surface area contributed by atoms with E-state index in [1.807, 2.05) is 30.3 Å². The molecule has 0 aliphatic rings. The minimum atomic E-state index is -0.809. The van der Waals surface area contributed by atoms with Gasteiger partial charge in [0.05, 0.1) is 0 Å². The normalized spacial score (nSPS) is 12.1. The molecule has 0 saturated heterocycles. The van der Waals surface area contributed by atoms with Crippen molar-refractivity contribution in [2.75, 3.05) is 0 Å². The molecule has 0 fully saturated rings. The maximum Gasteiger partial charge on any atom is 0.303 e. The van der Waals surface area contributed by atoms with E-state index < -0.39 is 5.97 Å². The second-order valence-electron chi connectivity index (χ2n) is 4.98. The first-order chi connectivity index (χ1) is 9.58. The quantitative estimate of drug-likeness (QED) is 0.872. The zero-order valence-electron chi connectivity index (χ0n) is 11.5. The van der Waals surface area contributed by atoms with Gasteiger partial charge in [0.2, 0.25) is 0 Å². The van der Waals surface area contributed by atoms with Crippen LogP contribution < -0.4 is 5.73 Å². The molecule has 3 N–H and O–H groups in total. The van der Waals surface area contributed by atoms with Crippen LogP contribution in [0.5, 0.6) is 0 Å². The Morgan fingerprint density at radius 1 is 1.20 bits per heavy atom. The molecule has 0 aliphatic heterocycles. The van der Waals surface area contributed by atoms with Crippen molar-refractivity contribution < 1.29 is 9.90 Å². The Labute approximate surface area is 119 Å². The summed E-state index contributed by atoms with van der Waals surface area (Å²) < 4.78 is 0. The molecule has 2 rings (SSSR count). The molecule has 0 spiro atoms. The number of benzene rings is 2. The molecule has 1 unspecified atom stereocenters. The second-order valence-corrected chi connectivity index (χ2v) is 4.98. The Hall–Kier alpha value is -2.13. The van der Waals surface area contributed by atoms with Crippen LogP contribution in [-0.4, -0.2) is 11.1 Å². The molecule has 3 nitrogen and oxygen atoms in total. The van der Waals surface area contributed by atoms with Gasteiger partial charge in [-0.3, -0.25) is 4.79 Å². The van der Waals surface area contributed by atoms with Crippen LogP contribution in [0.15, 0.2) is 48.5 Å². The smallest absolute Gasteiger partial charge is 0.303 e. The van der Waals surface area contributed by atoms with Crippen molar-refractivity contribution in [1.82, 2.24) is 0 Å². The number of carbonyl (C=O) groups is 1. The molecule has 0 radical (unpaired) electrons. The lowest BCUT2D eigenvalue weighted by atomic mass is 9.94. The van der Waals surface area contributed by atoms with Crippen molar-refractivity contribution in [3.05, 3.63) is 59.7 Å². The highest BCUT2D eigenvalue weighted by molar-refractivity contribution is 5.68. The number of aryl methyl sites for hydroxylation is 1. The zero-order valence-corrected chi connectivity index (χ0v) is 11.5. The fourth-order valence-corrected chi connectivity index (χ4v) is 2.24. The topological polar surface area (TPSA) is 63.3 Å². The van der Waals surface area contributed by atoms with Gasteiger partial charge in [0.25, 0.3) is 0 Å². The fourth-order valence-electron chi connectivity index (χ4n) is 2.24. The Kier molecular flexibility index (Phi) is 4.53. The lowest BCUT2D eigenvalue weighted by Crippen LogP contribution is -2.12. The summed E-state index contributed by atoms with van der Waals surface area (Å²) in [7, 11) is 0. The van der Waals surface area contributed by atoms with Crippen molar-refractivity contribution in [3.63, 3.8) is 0 Å². The molecule has 104 valence electrons. The summed E-state index contributed by atoms with van der Waals surface area (Å²) in [6.45, 7) is 2.06. The van der Waals surface area contributed by atoms with E-state index in [1.54, 1.807) is 0 Å². The maximum atomic E-state index is 10.6. The number of hydrogen-bond acceptors (Lipinski definition) is 2. The van der Waals surface area contributed by atoms with E-state index in [9.17, 15) is 4.79 Å². The first kappa shape index (κ1) is 14.3. The molecule has 0 saturated carbocycles. The summed E-state index contributed by atoms with van der Waals surface area (Å²) >= 11 is 0. The van der Waals surface area contributed by atoms with E-state index in [0.717, 1.165) is 16.7 Å². The molecular formula is C17H19NO2. The third-order valence-corrected chi connectivity index (χ3v) is 3.44. The largest absolute Gasteiger partial charge is 0.481 e. The van der Waals surface area contributed by atoms with Gasteiger partial charge in [0.15, 0.2) is 0 Å². The van der Waals surface area contributed by atoms with E-state index in [4.69, 9.17) is 10.8 Å². The Bertz CT molecular complexity index is 593. The van der Waals surface area contributed by atoms with Gasteiger partial charge >= 0.3 is 5.97 Å². The Balaban J connectivity index is 2.27. The van der Waals surface area contributed by atoms with Gasteiger partial charge in [0.1, 0.15) is 0 Å². The third-order valence-electron chi connectivity index (χ3n) is 3.44. The molecule has 0 amide bonds. The number of aliphatic carboxylic acids is 1. The van der Waals surface area contributed by atoms with E-state index in [0.29, 0.717) is 6.42 Å². The Morgan fingerprint density at radius 2 is 1.90 bits per heavy atom. The standard InChI is InChI=1S/C17H19NO2/c1-12-7-8-14(16(18)9-10-17(19)20)11-15(12)13-5-3-2-4-6-13/h2-8,11,16H,9-10,18H2,1H3,(H,19,20). The Morgan fingerprint density at radius 3 is 2.55 bits per heavy atom. The number of nitrogens with two attached hydrogens (primary N) is 1. The van der Waals surface area contributed by atoms with Gasteiger partial charge in [-0.1, -0.05) is 42.5 Å². The summed E-state index contributed by atoms with van der Waals surface area (Å²) in [4.78, 5) is 10.6. The second kappa shape index (κ2) is 6.35. The summed E-state index contributed by atoms with van der Waals surface area (Å²) in [5.41, 5.74) is 10.5. The van der Waals surface area contributed by atoms with Crippen LogP contribution in [0.4, 0.5) is 0 Å². The van der Waals surface area contributed by atoms with Crippen LogP contribution in [-0.2, 0) is 4.79 Å². The van der Waals surface area contributed by atoms with Gasteiger partial charge < -0.3 is 10.8 Å². The van der Waals surface area contributed by atoms with Gasteiger partial charge in [-0.2, -0.15) is 0 Å². The number of rotatable bonds is 5. The van der Waals surface area contributed by atoms with E-state index >= 15 is 0 Å². The number of hydrogen-bond donors (Lipinski definition) is 2. The lowest BCUT2D eigenvalue weighted by Gasteiger charge is -2.14. The van der Waals surface area contributed by atoms with Gasteiger partial charge in [-0.15, -0.1) is 0 Å². The average Bonchev–Trinajstić information content (AvgIpc) is 2.46. The predicted molar refractivity (Wildman–Crippen MR) is 80.4 cm³/mol. The van der Waals surface area contributed by atoms with E-state index in [2.05, 4.69) is 25.1 Å². The maximum absolute atomic E-state index is 10.6. The SMILES string of the molecule is Cc1ccc(C(N)CCC(=O)O)cc1-c1ccccc1. The van der Waals surface area contributed by atoms with Crippen molar-refractivity contribution in [2.45, 2.75) is 25.8 Å². The number of carboxylic acid groups (broad SMARTS) is 1. The van der Waals surface area contributed by atoms with Crippen LogP contribution in [0.2, 0.25) is 0 Å². The summed E-state index contributed by atoms with van der Waals surface area (Å²) in [5, 5.41) is 8.73. The molecule has 0 heterocycles.